The SMILES string of the molecule is CCOC(=O)c1ccc(NC(=O)C[C@@H]2C(=O)N(c3ccc(OC)cc3)C(=S)N2CCN2CCC(C)CC2)cc1. The van der Waals surface area contributed by atoms with Crippen LogP contribution in [0.3, 0.4) is 0 Å². The van der Waals surface area contributed by atoms with Gasteiger partial charge in [-0.25, -0.2) is 4.79 Å². The Hall–Kier alpha value is -3.50. The van der Waals surface area contributed by atoms with Crippen LogP contribution >= 0.6 is 12.2 Å². The van der Waals surface area contributed by atoms with Crippen molar-refractivity contribution < 1.29 is 23.9 Å². The summed E-state index contributed by atoms with van der Waals surface area (Å²) < 4.78 is 10.3. The molecule has 39 heavy (non-hydrogen) atoms. The van der Waals surface area contributed by atoms with E-state index in [9.17, 15) is 14.4 Å². The van der Waals surface area contributed by atoms with Gasteiger partial charge < -0.3 is 24.6 Å². The van der Waals surface area contributed by atoms with Gasteiger partial charge in [0.05, 0.1) is 31.4 Å². The van der Waals surface area contributed by atoms with Crippen LogP contribution < -0.4 is 15.0 Å². The molecule has 1 atom stereocenters. The Morgan fingerprint density at radius 2 is 1.69 bits per heavy atom. The number of piperidine rings is 1. The number of ether oxygens (including phenoxy) is 2. The highest BCUT2D eigenvalue weighted by atomic mass is 32.1. The van der Waals surface area contributed by atoms with Crippen LogP contribution in [0.2, 0.25) is 0 Å². The maximum Gasteiger partial charge on any atom is 0.338 e. The Balaban J connectivity index is 1.47. The molecule has 0 aromatic heterocycles. The molecule has 2 fully saturated rings. The van der Waals surface area contributed by atoms with Crippen molar-refractivity contribution in [3.05, 3.63) is 54.1 Å². The first-order valence-corrected chi connectivity index (χ1v) is 13.8. The van der Waals surface area contributed by atoms with E-state index in [4.69, 9.17) is 21.7 Å². The highest BCUT2D eigenvalue weighted by molar-refractivity contribution is 7.80. The van der Waals surface area contributed by atoms with Gasteiger partial charge in [0.1, 0.15) is 11.8 Å². The summed E-state index contributed by atoms with van der Waals surface area (Å²) in [5.74, 6) is 0.443. The van der Waals surface area contributed by atoms with E-state index >= 15 is 0 Å². The minimum Gasteiger partial charge on any atom is -0.497 e. The number of nitrogens with zero attached hydrogens (tertiary/aromatic N) is 3. The lowest BCUT2D eigenvalue weighted by Crippen LogP contribution is -2.44. The van der Waals surface area contributed by atoms with E-state index in [1.54, 1.807) is 62.6 Å². The first-order valence-electron chi connectivity index (χ1n) is 13.4. The van der Waals surface area contributed by atoms with Gasteiger partial charge in [-0.3, -0.25) is 14.5 Å². The molecule has 1 N–H and O–H groups in total. The number of amides is 2. The molecule has 0 aliphatic carbocycles. The monoisotopic (exact) mass is 552 g/mol. The normalized spacial score (nSPS) is 18.4. The third kappa shape index (κ3) is 6.93. The zero-order valence-corrected chi connectivity index (χ0v) is 23.5. The lowest BCUT2D eigenvalue weighted by Gasteiger charge is -2.32. The zero-order valence-electron chi connectivity index (χ0n) is 22.7. The average molecular weight is 553 g/mol. The number of anilines is 2. The number of hydrogen-bond donors (Lipinski definition) is 1. The first-order chi connectivity index (χ1) is 18.8. The smallest absolute Gasteiger partial charge is 0.338 e. The molecule has 2 aromatic rings. The minimum atomic E-state index is -0.720. The van der Waals surface area contributed by atoms with E-state index in [0.29, 0.717) is 34.3 Å². The zero-order chi connectivity index (χ0) is 27.9. The van der Waals surface area contributed by atoms with Crippen molar-refractivity contribution in [2.24, 2.45) is 5.92 Å². The predicted molar refractivity (Wildman–Crippen MR) is 154 cm³/mol. The van der Waals surface area contributed by atoms with Crippen LogP contribution in [0.4, 0.5) is 11.4 Å². The van der Waals surface area contributed by atoms with Crippen LogP contribution in [-0.4, -0.2) is 78.6 Å². The van der Waals surface area contributed by atoms with E-state index in [1.807, 2.05) is 4.90 Å². The maximum absolute atomic E-state index is 13.7. The third-order valence-electron chi connectivity index (χ3n) is 7.24. The molecular weight excluding hydrogens is 516 g/mol. The van der Waals surface area contributed by atoms with Crippen molar-refractivity contribution in [3.8, 4) is 5.75 Å². The van der Waals surface area contributed by atoms with E-state index < -0.39 is 12.0 Å². The van der Waals surface area contributed by atoms with Crippen LogP contribution in [0, 0.1) is 5.92 Å². The van der Waals surface area contributed by atoms with Gasteiger partial charge in [0.25, 0.3) is 5.91 Å². The van der Waals surface area contributed by atoms with Crippen LogP contribution in [-0.2, 0) is 14.3 Å². The number of benzene rings is 2. The standard InChI is InChI=1S/C29H36N4O5S/c1-4-38-28(36)21-5-7-22(8-6-21)30-26(34)19-25-27(35)33(23-9-11-24(37-3)12-10-23)29(39)32(25)18-17-31-15-13-20(2)14-16-31/h5-12,20,25H,4,13-19H2,1-3H3,(H,30,34)/t25-/m1/s1. The molecule has 0 spiro atoms. The van der Waals surface area contributed by atoms with Crippen molar-refractivity contribution >= 4 is 46.5 Å². The van der Waals surface area contributed by atoms with Gasteiger partial charge in [-0.1, -0.05) is 6.92 Å². The van der Waals surface area contributed by atoms with Gasteiger partial charge in [-0.05, 0) is 99.5 Å². The van der Waals surface area contributed by atoms with Crippen LogP contribution in [0.1, 0.15) is 43.5 Å². The molecule has 208 valence electrons. The fourth-order valence-electron chi connectivity index (χ4n) is 4.88. The number of carbonyl (C=O) groups is 3. The number of carbonyl (C=O) groups excluding carboxylic acids is 3. The largest absolute Gasteiger partial charge is 0.497 e. The summed E-state index contributed by atoms with van der Waals surface area (Å²) in [4.78, 5) is 44.4. The van der Waals surface area contributed by atoms with E-state index in [2.05, 4.69) is 17.1 Å². The molecule has 0 saturated carbocycles. The Kier molecular flexibility index (Phi) is 9.53. The molecule has 2 saturated heterocycles. The molecular formula is C29H36N4O5S. The summed E-state index contributed by atoms with van der Waals surface area (Å²) in [6, 6.07) is 12.9. The summed E-state index contributed by atoms with van der Waals surface area (Å²) in [7, 11) is 1.59. The quantitative estimate of drug-likeness (QED) is 0.350. The maximum atomic E-state index is 13.7. The number of hydrogen-bond acceptors (Lipinski definition) is 7. The third-order valence-corrected chi connectivity index (χ3v) is 7.66. The van der Waals surface area contributed by atoms with Gasteiger partial charge in [0, 0.05) is 18.8 Å². The molecule has 0 unspecified atom stereocenters. The van der Waals surface area contributed by atoms with E-state index in [-0.39, 0.29) is 24.8 Å². The number of nitrogens with one attached hydrogen (secondary N) is 1. The predicted octanol–water partition coefficient (Wildman–Crippen LogP) is 3.93. The molecule has 2 amide bonds. The fourth-order valence-corrected chi connectivity index (χ4v) is 5.30. The number of esters is 1. The van der Waals surface area contributed by atoms with Crippen LogP contribution in [0.5, 0.6) is 5.75 Å². The Labute approximate surface area is 235 Å². The Morgan fingerprint density at radius 1 is 1.03 bits per heavy atom. The van der Waals surface area contributed by atoms with Crippen molar-refractivity contribution in [3.63, 3.8) is 0 Å². The van der Waals surface area contributed by atoms with Gasteiger partial charge >= 0.3 is 5.97 Å². The fraction of sp³-hybridized carbons (Fsp3) is 0.448. The molecule has 10 heteroatoms. The van der Waals surface area contributed by atoms with Gasteiger partial charge in [0.2, 0.25) is 5.91 Å². The molecule has 2 aromatic carbocycles. The van der Waals surface area contributed by atoms with E-state index in [0.717, 1.165) is 38.4 Å². The molecule has 0 bridgehead atoms. The average Bonchev–Trinajstić information content (AvgIpc) is 3.17. The van der Waals surface area contributed by atoms with Crippen LogP contribution in [0.15, 0.2) is 48.5 Å². The number of likely N-dealkylation sites (tertiary alicyclic amines) is 1. The molecule has 2 heterocycles. The van der Waals surface area contributed by atoms with Crippen molar-refractivity contribution in [1.82, 2.24) is 9.80 Å². The summed E-state index contributed by atoms with van der Waals surface area (Å²) in [5, 5.41) is 3.24. The Morgan fingerprint density at radius 3 is 2.31 bits per heavy atom. The van der Waals surface area contributed by atoms with Crippen molar-refractivity contribution in [1.29, 1.82) is 0 Å². The minimum absolute atomic E-state index is 0.0533. The van der Waals surface area contributed by atoms with Crippen molar-refractivity contribution in [2.75, 3.05) is 50.1 Å². The second-order valence-electron chi connectivity index (χ2n) is 9.94. The summed E-state index contributed by atoms with van der Waals surface area (Å²) in [6.45, 7) is 7.67. The van der Waals surface area contributed by atoms with Gasteiger partial charge in [-0.2, -0.15) is 0 Å². The highest BCUT2D eigenvalue weighted by Crippen LogP contribution is 2.29. The Bertz CT molecular complexity index is 1180. The lowest BCUT2D eigenvalue weighted by molar-refractivity contribution is -0.124. The second-order valence-corrected chi connectivity index (χ2v) is 10.3. The summed E-state index contributed by atoms with van der Waals surface area (Å²) in [5.41, 5.74) is 1.57. The summed E-state index contributed by atoms with van der Waals surface area (Å²) in [6.07, 6.45) is 2.26. The second kappa shape index (κ2) is 13.0. The number of rotatable bonds is 10. The number of methoxy groups -OCH3 is 1. The first kappa shape index (κ1) is 28.5. The van der Waals surface area contributed by atoms with E-state index in [1.165, 1.54) is 4.90 Å². The lowest BCUT2D eigenvalue weighted by atomic mass is 9.99. The molecule has 9 nitrogen and oxygen atoms in total. The molecule has 2 aliphatic heterocycles. The summed E-state index contributed by atoms with van der Waals surface area (Å²) >= 11 is 5.79. The van der Waals surface area contributed by atoms with Crippen molar-refractivity contribution in [2.45, 2.75) is 39.2 Å². The molecule has 0 radical (unpaired) electrons. The molecule has 4 rings (SSSR count). The van der Waals surface area contributed by atoms with Gasteiger partial charge in [-0.15, -0.1) is 0 Å². The topological polar surface area (TPSA) is 91.4 Å². The van der Waals surface area contributed by atoms with Gasteiger partial charge in [0.15, 0.2) is 5.11 Å². The van der Waals surface area contributed by atoms with Crippen LogP contribution in [0.25, 0.3) is 0 Å². The number of thiocarbonyl (C=S) groups is 1. The highest BCUT2D eigenvalue weighted by Gasteiger charge is 2.44. The molecule has 2 aliphatic rings.